The van der Waals surface area contributed by atoms with Crippen molar-refractivity contribution in [3.63, 3.8) is 0 Å². The minimum atomic E-state index is -0.432. The van der Waals surface area contributed by atoms with E-state index in [-0.39, 0.29) is 12.2 Å². The second kappa shape index (κ2) is 6.81. The fourth-order valence-electron chi connectivity index (χ4n) is 2.97. The van der Waals surface area contributed by atoms with Gasteiger partial charge in [0.25, 0.3) is 5.56 Å². The maximum atomic E-state index is 13.0. The number of pyridine rings is 1. The zero-order valence-electron chi connectivity index (χ0n) is 14.4. The van der Waals surface area contributed by atoms with E-state index in [1.807, 2.05) is 6.07 Å². The monoisotopic (exact) mass is 337 g/mol. The molecule has 5 nitrogen and oxygen atoms in total. The predicted octanol–water partition coefficient (Wildman–Crippen LogP) is 3.48. The molecule has 5 heteroatoms. The third-order valence-corrected chi connectivity index (χ3v) is 4.14. The summed E-state index contributed by atoms with van der Waals surface area (Å²) in [7, 11) is 1.58. The minimum absolute atomic E-state index is 0.175. The van der Waals surface area contributed by atoms with Crippen molar-refractivity contribution in [2.24, 2.45) is 0 Å². The molecule has 2 aromatic carbocycles. The summed E-state index contributed by atoms with van der Waals surface area (Å²) in [6, 6.07) is 14.2. The average Bonchev–Trinajstić information content (AvgIpc) is 2.63. The van der Waals surface area contributed by atoms with E-state index in [2.05, 4.69) is 0 Å². The number of hydrogen-bond acceptors (Lipinski definition) is 4. The lowest BCUT2D eigenvalue weighted by molar-refractivity contribution is 0.0527. The highest BCUT2D eigenvalue weighted by atomic mass is 16.5. The number of hydrogen-bond donors (Lipinski definition) is 0. The molecule has 0 amide bonds. The molecule has 0 aliphatic carbocycles. The third kappa shape index (κ3) is 2.89. The predicted molar refractivity (Wildman–Crippen MR) is 96.8 cm³/mol. The number of ether oxygens (including phenoxy) is 2. The van der Waals surface area contributed by atoms with E-state index in [1.165, 1.54) is 4.57 Å². The van der Waals surface area contributed by atoms with Crippen molar-refractivity contribution < 1.29 is 14.3 Å². The molecule has 0 bridgehead atoms. The van der Waals surface area contributed by atoms with Gasteiger partial charge in [0.1, 0.15) is 5.75 Å². The van der Waals surface area contributed by atoms with Gasteiger partial charge in [-0.2, -0.15) is 0 Å². The van der Waals surface area contributed by atoms with Crippen molar-refractivity contribution in [1.82, 2.24) is 4.57 Å². The van der Waals surface area contributed by atoms with Gasteiger partial charge in [-0.25, -0.2) is 4.79 Å². The molecule has 3 rings (SSSR count). The quantitative estimate of drug-likeness (QED) is 0.684. The van der Waals surface area contributed by atoms with Crippen molar-refractivity contribution in [2.75, 3.05) is 13.7 Å². The van der Waals surface area contributed by atoms with E-state index in [1.54, 1.807) is 63.4 Å². The van der Waals surface area contributed by atoms with Crippen molar-refractivity contribution in [3.8, 4) is 11.4 Å². The summed E-state index contributed by atoms with van der Waals surface area (Å²) in [5.41, 5.74) is 1.45. The Hall–Kier alpha value is -3.08. The fraction of sp³-hybridized carbons (Fsp3) is 0.200. The zero-order chi connectivity index (χ0) is 18.0. The Morgan fingerprint density at radius 1 is 1.04 bits per heavy atom. The van der Waals surface area contributed by atoms with Crippen LogP contribution in [0, 0.1) is 6.92 Å². The SMILES string of the molecule is CCOC(=O)c1c(C)n(-c2ccc(OC)cc2)c(=O)c2ccccc12. The van der Waals surface area contributed by atoms with Crippen LogP contribution in [0.15, 0.2) is 53.3 Å². The van der Waals surface area contributed by atoms with Crippen molar-refractivity contribution in [2.45, 2.75) is 13.8 Å². The van der Waals surface area contributed by atoms with Gasteiger partial charge in [-0.05, 0) is 44.2 Å². The molecule has 1 aromatic heterocycles. The first kappa shape index (κ1) is 16.8. The minimum Gasteiger partial charge on any atom is -0.497 e. The van der Waals surface area contributed by atoms with Crippen LogP contribution in [0.25, 0.3) is 16.5 Å². The number of carbonyl (C=O) groups excluding carboxylic acids is 1. The summed E-state index contributed by atoms with van der Waals surface area (Å²) < 4.78 is 11.9. The highest BCUT2D eigenvalue weighted by molar-refractivity contribution is 6.05. The second-order valence-corrected chi connectivity index (χ2v) is 5.57. The van der Waals surface area contributed by atoms with Gasteiger partial charge in [0, 0.05) is 22.2 Å². The molecule has 0 spiro atoms. The summed E-state index contributed by atoms with van der Waals surface area (Å²) in [6.07, 6.45) is 0. The van der Waals surface area contributed by atoms with Crippen LogP contribution in [0.2, 0.25) is 0 Å². The van der Waals surface area contributed by atoms with Crippen LogP contribution in [-0.2, 0) is 4.74 Å². The molecular formula is C20H19NO4. The van der Waals surface area contributed by atoms with E-state index >= 15 is 0 Å². The topological polar surface area (TPSA) is 57.5 Å². The molecular weight excluding hydrogens is 318 g/mol. The number of fused-ring (bicyclic) bond motifs is 1. The Morgan fingerprint density at radius 3 is 2.28 bits per heavy atom. The first-order valence-electron chi connectivity index (χ1n) is 8.04. The molecule has 0 radical (unpaired) electrons. The number of nitrogens with zero attached hydrogens (tertiary/aromatic N) is 1. The van der Waals surface area contributed by atoms with Gasteiger partial charge >= 0.3 is 5.97 Å². The Morgan fingerprint density at radius 2 is 1.68 bits per heavy atom. The molecule has 0 unspecified atom stereocenters. The van der Waals surface area contributed by atoms with Gasteiger partial charge in [-0.3, -0.25) is 9.36 Å². The average molecular weight is 337 g/mol. The summed E-state index contributed by atoms with van der Waals surface area (Å²) >= 11 is 0. The normalized spacial score (nSPS) is 10.7. The molecule has 0 aliphatic heterocycles. The number of benzene rings is 2. The highest BCUT2D eigenvalue weighted by Gasteiger charge is 2.20. The molecule has 0 N–H and O–H groups in total. The molecule has 0 aliphatic rings. The lowest BCUT2D eigenvalue weighted by Crippen LogP contribution is -2.24. The fourth-order valence-corrected chi connectivity index (χ4v) is 2.97. The molecule has 25 heavy (non-hydrogen) atoms. The summed E-state index contributed by atoms with van der Waals surface area (Å²) in [6.45, 7) is 3.79. The molecule has 0 fully saturated rings. The Balaban J connectivity index is 2.35. The molecule has 1 heterocycles. The van der Waals surface area contributed by atoms with Crippen LogP contribution in [-0.4, -0.2) is 24.3 Å². The van der Waals surface area contributed by atoms with Crippen LogP contribution in [0.3, 0.4) is 0 Å². The van der Waals surface area contributed by atoms with E-state index < -0.39 is 5.97 Å². The molecule has 128 valence electrons. The van der Waals surface area contributed by atoms with Gasteiger partial charge in [-0.1, -0.05) is 18.2 Å². The summed E-state index contributed by atoms with van der Waals surface area (Å²) in [5.74, 6) is 0.263. The number of esters is 1. The van der Waals surface area contributed by atoms with Gasteiger partial charge in [-0.15, -0.1) is 0 Å². The summed E-state index contributed by atoms with van der Waals surface area (Å²) in [5, 5.41) is 1.08. The zero-order valence-corrected chi connectivity index (χ0v) is 14.4. The van der Waals surface area contributed by atoms with Gasteiger partial charge in [0.15, 0.2) is 0 Å². The first-order chi connectivity index (χ1) is 12.1. The number of aromatic nitrogens is 1. The van der Waals surface area contributed by atoms with E-state index in [4.69, 9.17) is 9.47 Å². The second-order valence-electron chi connectivity index (χ2n) is 5.57. The standard InChI is InChI=1S/C20H19NO4/c1-4-25-20(23)18-13(2)21(14-9-11-15(24-3)12-10-14)19(22)17-8-6-5-7-16(17)18/h5-12H,4H2,1-3H3. The van der Waals surface area contributed by atoms with Crippen molar-refractivity contribution in [3.05, 3.63) is 70.1 Å². The maximum absolute atomic E-state index is 13.0. The smallest absolute Gasteiger partial charge is 0.340 e. The number of rotatable bonds is 4. The van der Waals surface area contributed by atoms with Gasteiger partial charge in [0.05, 0.1) is 19.3 Å². The Kier molecular flexibility index (Phi) is 4.57. The van der Waals surface area contributed by atoms with Crippen LogP contribution in [0.5, 0.6) is 5.75 Å². The van der Waals surface area contributed by atoms with Crippen LogP contribution >= 0.6 is 0 Å². The van der Waals surface area contributed by atoms with Gasteiger partial charge < -0.3 is 9.47 Å². The summed E-state index contributed by atoms with van der Waals surface area (Å²) in [4.78, 5) is 25.5. The third-order valence-electron chi connectivity index (χ3n) is 4.14. The first-order valence-corrected chi connectivity index (χ1v) is 8.04. The largest absolute Gasteiger partial charge is 0.497 e. The van der Waals surface area contributed by atoms with E-state index in [9.17, 15) is 9.59 Å². The van der Waals surface area contributed by atoms with Crippen LogP contribution < -0.4 is 10.3 Å². The van der Waals surface area contributed by atoms with Crippen molar-refractivity contribution >= 4 is 16.7 Å². The van der Waals surface area contributed by atoms with E-state index in [0.717, 1.165) is 0 Å². The molecule has 0 saturated heterocycles. The lowest BCUT2D eigenvalue weighted by Gasteiger charge is -2.16. The Labute approximate surface area is 145 Å². The van der Waals surface area contributed by atoms with E-state index in [0.29, 0.717) is 33.5 Å². The number of carbonyl (C=O) groups is 1. The Bertz CT molecular complexity index is 987. The van der Waals surface area contributed by atoms with Gasteiger partial charge in [0.2, 0.25) is 0 Å². The molecule has 0 saturated carbocycles. The lowest BCUT2D eigenvalue weighted by atomic mass is 10.0. The van der Waals surface area contributed by atoms with Crippen LogP contribution in [0.4, 0.5) is 0 Å². The van der Waals surface area contributed by atoms with Crippen molar-refractivity contribution in [1.29, 1.82) is 0 Å². The highest BCUT2D eigenvalue weighted by Crippen LogP contribution is 2.23. The molecule has 3 aromatic rings. The number of methoxy groups -OCH3 is 1. The van der Waals surface area contributed by atoms with Crippen LogP contribution in [0.1, 0.15) is 23.0 Å². The molecule has 0 atom stereocenters. The maximum Gasteiger partial charge on any atom is 0.340 e.